The molecule has 124 valence electrons. The third-order valence-electron chi connectivity index (χ3n) is 4.14. The number of carbonyl (C=O) groups is 1. The van der Waals surface area contributed by atoms with Gasteiger partial charge in [0.15, 0.2) is 17.3 Å². The Morgan fingerprint density at radius 2 is 2.09 bits per heavy atom. The normalized spacial score (nSPS) is 22.0. The van der Waals surface area contributed by atoms with Crippen molar-refractivity contribution in [1.82, 2.24) is 19.8 Å². The molecule has 2 aromatic rings. The van der Waals surface area contributed by atoms with Crippen molar-refractivity contribution in [3.63, 3.8) is 0 Å². The topological polar surface area (TPSA) is 98.6 Å². The molecule has 8 nitrogen and oxygen atoms in total. The number of methoxy groups -OCH3 is 1. The third kappa shape index (κ3) is 2.74. The van der Waals surface area contributed by atoms with Gasteiger partial charge in [0.1, 0.15) is 6.04 Å². The van der Waals surface area contributed by atoms with Crippen LogP contribution < -0.4 is 10.6 Å². The summed E-state index contributed by atoms with van der Waals surface area (Å²) in [7, 11) is 1.64. The van der Waals surface area contributed by atoms with Gasteiger partial charge in [0.05, 0.1) is 6.10 Å². The van der Waals surface area contributed by atoms with Crippen LogP contribution in [0, 0.1) is 0 Å². The Hall–Kier alpha value is -2.22. The number of nitrogens with two attached hydrogens (primary N) is 1. The summed E-state index contributed by atoms with van der Waals surface area (Å²) in [4.78, 5) is 13.6. The zero-order valence-corrected chi connectivity index (χ0v) is 13.9. The fraction of sp³-hybridized carbons (Fsp3) is 0.600. The Kier molecular flexibility index (Phi) is 3.71. The van der Waals surface area contributed by atoms with E-state index in [4.69, 9.17) is 10.5 Å². The van der Waals surface area contributed by atoms with Crippen LogP contribution in [0.2, 0.25) is 0 Å². The zero-order chi connectivity index (χ0) is 16.8. The Balaban J connectivity index is 2.04. The maximum Gasteiger partial charge on any atom is 0.240 e. The predicted octanol–water partition coefficient (Wildman–Crippen LogP) is 0.501. The lowest BCUT2D eigenvalue weighted by atomic mass is 9.96. The molecule has 3 rings (SSSR count). The summed E-state index contributed by atoms with van der Waals surface area (Å²) in [5, 5.41) is 13.0. The lowest BCUT2D eigenvalue weighted by molar-refractivity contribution is -0.119. The molecule has 1 saturated heterocycles. The van der Waals surface area contributed by atoms with Crippen LogP contribution in [0.1, 0.15) is 33.0 Å². The summed E-state index contributed by atoms with van der Waals surface area (Å²) >= 11 is 0. The SMILES string of the molecule is CO[C@H]1C[C@@H](C(N)=O)N(c2ccc3nnc(C(C)(C)C)n3n2)C1. The first-order valence-corrected chi connectivity index (χ1v) is 7.63. The molecule has 2 aromatic heterocycles. The highest BCUT2D eigenvalue weighted by atomic mass is 16.5. The zero-order valence-electron chi connectivity index (χ0n) is 13.9. The molecule has 0 unspecified atom stereocenters. The van der Waals surface area contributed by atoms with E-state index in [0.717, 1.165) is 5.82 Å². The Morgan fingerprint density at radius 1 is 1.35 bits per heavy atom. The van der Waals surface area contributed by atoms with Crippen molar-refractivity contribution >= 4 is 17.4 Å². The van der Waals surface area contributed by atoms with Crippen LogP contribution in [0.5, 0.6) is 0 Å². The van der Waals surface area contributed by atoms with Crippen molar-refractivity contribution in [3.8, 4) is 0 Å². The van der Waals surface area contributed by atoms with Crippen molar-refractivity contribution in [2.75, 3.05) is 18.6 Å². The van der Waals surface area contributed by atoms with Gasteiger partial charge in [0.25, 0.3) is 0 Å². The molecule has 8 heteroatoms. The number of ether oxygens (including phenoxy) is 1. The second-order valence-corrected chi connectivity index (χ2v) is 6.90. The van der Waals surface area contributed by atoms with Gasteiger partial charge in [0.2, 0.25) is 5.91 Å². The van der Waals surface area contributed by atoms with E-state index >= 15 is 0 Å². The van der Waals surface area contributed by atoms with Gasteiger partial charge in [-0.15, -0.1) is 15.3 Å². The average Bonchev–Trinajstić information content (AvgIpc) is 3.09. The smallest absolute Gasteiger partial charge is 0.240 e. The van der Waals surface area contributed by atoms with Crippen LogP contribution in [-0.2, 0) is 14.9 Å². The summed E-state index contributed by atoms with van der Waals surface area (Å²) in [5.74, 6) is 1.07. The molecular formula is C15H22N6O2. The number of hydrogen-bond acceptors (Lipinski definition) is 6. The van der Waals surface area contributed by atoms with Crippen LogP contribution in [0.4, 0.5) is 5.82 Å². The van der Waals surface area contributed by atoms with Crippen LogP contribution in [0.25, 0.3) is 5.65 Å². The second kappa shape index (κ2) is 5.45. The minimum absolute atomic E-state index is 0.0343. The standard InChI is InChI=1S/C15H22N6O2/c1-15(2,3)14-18-17-11-5-6-12(19-21(11)14)20-8-9(23-4)7-10(20)13(16)22/h5-6,9-10H,7-8H2,1-4H3,(H2,16,22)/t9-,10-/m0/s1. The maximum absolute atomic E-state index is 11.8. The highest BCUT2D eigenvalue weighted by Crippen LogP contribution is 2.27. The Labute approximate surface area is 134 Å². The molecule has 3 heterocycles. The van der Waals surface area contributed by atoms with Gasteiger partial charge in [-0.05, 0) is 12.1 Å². The van der Waals surface area contributed by atoms with Gasteiger partial charge < -0.3 is 15.4 Å². The quantitative estimate of drug-likeness (QED) is 0.885. The van der Waals surface area contributed by atoms with Crippen molar-refractivity contribution < 1.29 is 9.53 Å². The van der Waals surface area contributed by atoms with Gasteiger partial charge in [-0.25, -0.2) is 0 Å². The molecular weight excluding hydrogens is 296 g/mol. The molecule has 1 aliphatic heterocycles. The minimum Gasteiger partial charge on any atom is -0.380 e. The fourth-order valence-corrected chi connectivity index (χ4v) is 2.89. The number of rotatable bonds is 3. The monoisotopic (exact) mass is 318 g/mol. The van der Waals surface area contributed by atoms with Gasteiger partial charge in [-0.1, -0.05) is 20.8 Å². The molecule has 1 fully saturated rings. The van der Waals surface area contributed by atoms with Crippen LogP contribution in [0.3, 0.4) is 0 Å². The van der Waals surface area contributed by atoms with E-state index in [-0.39, 0.29) is 17.4 Å². The van der Waals surface area contributed by atoms with Crippen molar-refractivity contribution in [3.05, 3.63) is 18.0 Å². The van der Waals surface area contributed by atoms with Crippen LogP contribution in [-0.4, -0.2) is 51.5 Å². The van der Waals surface area contributed by atoms with Crippen molar-refractivity contribution in [2.24, 2.45) is 5.73 Å². The molecule has 1 aliphatic rings. The van der Waals surface area contributed by atoms with E-state index in [1.165, 1.54) is 0 Å². The van der Waals surface area contributed by atoms with Crippen LogP contribution >= 0.6 is 0 Å². The van der Waals surface area contributed by atoms with E-state index in [1.54, 1.807) is 11.6 Å². The first-order chi connectivity index (χ1) is 10.8. The molecule has 1 amide bonds. The summed E-state index contributed by atoms with van der Waals surface area (Å²) in [6.45, 7) is 6.75. The van der Waals surface area contributed by atoms with E-state index < -0.39 is 6.04 Å². The Bertz CT molecular complexity index is 735. The first kappa shape index (κ1) is 15.7. The second-order valence-electron chi connectivity index (χ2n) is 6.90. The summed E-state index contributed by atoms with van der Waals surface area (Å²) < 4.78 is 7.11. The number of anilines is 1. The molecule has 23 heavy (non-hydrogen) atoms. The number of primary amides is 1. The molecule has 2 N–H and O–H groups in total. The van der Waals surface area contributed by atoms with Crippen molar-refractivity contribution in [2.45, 2.75) is 44.8 Å². The number of hydrogen-bond donors (Lipinski definition) is 1. The number of aromatic nitrogens is 4. The maximum atomic E-state index is 11.8. The molecule has 2 atom stereocenters. The molecule has 0 radical (unpaired) electrons. The molecule has 0 saturated carbocycles. The predicted molar refractivity (Wildman–Crippen MR) is 85.2 cm³/mol. The van der Waals surface area contributed by atoms with Gasteiger partial charge in [-0.2, -0.15) is 4.52 Å². The summed E-state index contributed by atoms with van der Waals surface area (Å²) in [5.41, 5.74) is 6.03. The highest BCUT2D eigenvalue weighted by Gasteiger charge is 2.37. The number of nitrogens with zero attached hydrogens (tertiary/aromatic N) is 5. The molecule has 0 spiro atoms. The minimum atomic E-state index is -0.417. The third-order valence-corrected chi connectivity index (χ3v) is 4.14. The fourth-order valence-electron chi connectivity index (χ4n) is 2.89. The lowest BCUT2D eigenvalue weighted by Crippen LogP contribution is -2.41. The molecule has 0 bridgehead atoms. The number of carbonyl (C=O) groups excluding carboxylic acids is 1. The van der Waals surface area contributed by atoms with E-state index in [1.807, 2.05) is 17.0 Å². The van der Waals surface area contributed by atoms with E-state index in [2.05, 4.69) is 36.1 Å². The lowest BCUT2D eigenvalue weighted by Gasteiger charge is -2.23. The number of fused-ring (bicyclic) bond motifs is 1. The van der Waals surface area contributed by atoms with E-state index in [9.17, 15) is 4.79 Å². The van der Waals surface area contributed by atoms with E-state index in [0.29, 0.717) is 24.4 Å². The van der Waals surface area contributed by atoms with Crippen LogP contribution in [0.15, 0.2) is 12.1 Å². The van der Waals surface area contributed by atoms with Gasteiger partial charge >= 0.3 is 0 Å². The van der Waals surface area contributed by atoms with Gasteiger partial charge in [0, 0.05) is 25.5 Å². The van der Waals surface area contributed by atoms with Gasteiger partial charge in [-0.3, -0.25) is 4.79 Å². The largest absolute Gasteiger partial charge is 0.380 e. The molecule has 0 aromatic carbocycles. The Morgan fingerprint density at radius 3 is 2.70 bits per heavy atom. The summed E-state index contributed by atoms with van der Waals surface area (Å²) in [6, 6.07) is 3.27. The average molecular weight is 318 g/mol. The number of amides is 1. The summed E-state index contributed by atoms with van der Waals surface area (Å²) in [6.07, 6.45) is 0.535. The van der Waals surface area contributed by atoms with Crippen molar-refractivity contribution in [1.29, 1.82) is 0 Å². The highest BCUT2D eigenvalue weighted by molar-refractivity contribution is 5.84. The molecule has 0 aliphatic carbocycles. The first-order valence-electron chi connectivity index (χ1n) is 7.63.